The molecule has 1 heterocycles. The summed E-state index contributed by atoms with van der Waals surface area (Å²) in [6.07, 6.45) is 0. The molecule has 1 aromatic rings. The second kappa shape index (κ2) is 3.63. The lowest BCUT2D eigenvalue weighted by Crippen LogP contribution is -2.53. The van der Waals surface area contributed by atoms with E-state index in [0.717, 1.165) is 18.8 Å². The summed E-state index contributed by atoms with van der Waals surface area (Å²) in [6, 6.07) is 3.31. The van der Waals surface area contributed by atoms with Crippen LogP contribution in [-0.2, 0) is 0 Å². The Hall–Kier alpha value is -0.280. The minimum Gasteiger partial charge on any atom is -0.370 e. The summed E-state index contributed by atoms with van der Waals surface area (Å²) in [4.78, 5) is 2.13. The third kappa shape index (κ3) is 2.13. The molecular weight excluding hydrogens is 280 g/mol. The maximum absolute atomic E-state index is 13.4. The number of anilines is 1. The highest BCUT2D eigenvalue weighted by molar-refractivity contribution is 9.10. The van der Waals surface area contributed by atoms with Crippen LogP contribution in [0, 0.1) is 11.2 Å². The first kappa shape index (κ1) is 11.2. The molecule has 0 saturated carbocycles. The molecule has 4 heteroatoms. The molecule has 15 heavy (non-hydrogen) atoms. The molecule has 82 valence electrons. The summed E-state index contributed by atoms with van der Waals surface area (Å²) >= 11 is 9.00. The molecule has 0 radical (unpaired) electrons. The van der Waals surface area contributed by atoms with E-state index in [0.29, 0.717) is 14.9 Å². The van der Waals surface area contributed by atoms with Crippen LogP contribution in [0.3, 0.4) is 0 Å². The second-order valence-corrected chi connectivity index (χ2v) is 5.94. The van der Waals surface area contributed by atoms with Crippen LogP contribution >= 0.6 is 27.5 Å². The van der Waals surface area contributed by atoms with E-state index in [4.69, 9.17) is 11.6 Å². The van der Waals surface area contributed by atoms with E-state index >= 15 is 0 Å². The average Bonchev–Trinajstić information content (AvgIpc) is 2.09. The molecule has 1 nitrogen and oxygen atoms in total. The van der Waals surface area contributed by atoms with E-state index in [1.807, 2.05) is 0 Å². The van der Waals surface area contributed by atoms with Gasteiger partial charge in [0.25, 0.3) is 0 Å². The lowest BCUT2D eigenvalue weighted by atomic mass is 9.84. The van der Waals surface area contributed by atoms with Gasteiger partial charge in [-0.15, -0.1) is 0 Å². The fraction of sp³-hybridized carbons (Fsp3) is 0.455. The molecule has 0 atom stereocenters. The molecule has 0 aliphatic carbocycles. The molecule has 0 aromatic heterocycles. The van der Waals surface area contributed by atoms with Gasteiger partial charge in [0.1, 0.15) is 5.82 Å². The zero-order chi connectivity index (χ0) is 11.2. The smallest absolute Gasteiger partial charge is 0.140 e. The van der Waals surface area contributed by atoms with E-state index < -0.39 is 0 Å². The standard InChI is InChI=1S/C11H12BrClFN/c1-11(2)5-15(6-11)7-3-8(13)10(12)9(14)4-7/h3-4H,5-6H2,1-2H3. The molecule has 0 bridgehead atoms. The molecule has 1 saturated heterocycles. The summed E-state index contributed by atoms with van der Waals surface area (Å²) in [5.41, 5.74) is 1.19. The van der Waals surface area contributed by atoms with Crippen LogP contribution in [-0.4, -0.2) is 13.1 Å². The lowest BCUT2D eigenvalue weighted by molar-refractivity contribution is 0.276. The molecule has 0 amide bonds. The van der Waals surface area contributed by atoms with Gasteiger partial charge in [-0.05, 0) is 33.5 Å². The zero-order valence-electron chi connectivity index (χ0n) is 8.65. The Morgan fingerprint density at radius 2 is 2.00 bits per heavy atom. The van der Waals surface area contributed by atoms with Crippen LogP contribution < -0.4 is 4.90 Å². The van der Waals surface area contributed by atoms with Crippen molar-refractivity contribution in [3.05, 3.63) is 27.4 Å². The number of nitrogens with zero attached hydrogens (tertiary/aromatic N) is 1. The summed E-state index contributed by atoms with van der Waals surface area (Å²) in [7, 11) is 0. The molecule has 1 aliphatic rings. The molecule has 1 fully saturated rings. The van der Waals surface area contributed by atoms with Crippen LogP contribution in [0.5, 0.6) is 0 Å². The van der Waals surface area contributed by atoms with Gasteiger partial charge in [-0.1, -0.05) is 25.4 Å². The Labute approximate surface area is 102 Å². The van der Waals surface area contributed by atoms with Crippen molar-refractivity contribution in [1.29, 1.82) is 0 Å². The molecule has 1 aromatic carbocycles. The quantitative estimate of drug-likeness (QED) is 0.705. The summed E-state index contributed by atoms with van der Waals surface area (Å²) in [6.45, 7) is 6.29. The number of halogens is 3. The SMILES string of the molecule is CC1(C)CN(c2cc(F)c(Br)c(Cl)c2)C1. The highest BCUT2D eigenvalue weighted by Crippen LogP contribution is 2.37. The molecule has 0 spiro atoms. The topological polar surface area (TPSA) is 3.24 Å². The maximum Gasteiger partial charge on any atom is 0.140 e. The third-order valence-electron chi connectivity index (χ3n) is 2.57. The zero-order valence-corrected chi connectivity index (χ0v) is 11.0. The van der Waals surface area contributed by atoms with Crippen molar-refractivity contribution in [2.75, 3.05) is 18.0 Å². The normalized spacial score (nSPS) is 18.9. The van der Waals surface area contributed by atoms with Crippen molar-refractivity contribution in [1.82, 2.24) is 0 Å². The number of rotatable bonds is 1. The van der Waals surface area contributed by atoms with E-state index in [1.165, 1.54) is 6.07 Å². The fourth-order valence-corrected chi connectivity index (χ4v) is 2.33. The van der Waals surface area contributed by atoms with Gasteiger partial charge in [0.2, 0.25) is 0 Å². The Morgan fingerprint density at radius 3 is 2.47 bits per heavy atom. The van der Waals surface area contributed by atoms with Gasteiger partial charge in [-0.2, -0.15) is 0 Å². The Kier molecular flexibility index (Phi) is 2.72. The Balaban J connectivity index is 2.24. The Morgan fingerprint density at radius 1 is 1.40 bits per heavy atom. The largest absolute Gasteiger partial charge is 0.370 e. The van der Waals surface area contributed by atoms with E-state index in [9.17, 15) is 4.39 Å². The highest BCUT2D eigenvalue weighted by atomic mass is 79.9. The third-order valence-corrected chi connectivity index (χ3v) is 3.90. The van der Waals surface area contributed by atoms with Crippen LogP contribution in [0.4, 0.5) is 10.1 Å². The van der Waals surface area contributed by atoms with Crippen molar-refractivity contribution in [3.63, 3.8) is 0 Å². The van der Waals surface area contributed by atoms with Gasteiger partial charge >= 0.3 is 0 Å². The summed E-state index contributed by atoms with van der Waals surface area (Å²) in [5, 5.41) is 0.426. The number of hydrogen-bond acceptors (Lipinski definition) is 1. The van der Waals surface area contributed by atoms with Gasteiger partial charge in [0.15, 0.2) is 0 Å². The summed E-state index contributed by atoms with van der Waals surface area (Å²) < 4.78 is 13.7. The minimum atomic E-state index is -0.304. The van der Waals surface area contributed by atoms with Crippen molar-refractivity contribution in [2.24, 2.45) is 5.41 Å². The van der Waals surface area contributed by atoms with Gasteiger partial charge in [0.05, 0.1) is 9.50 Å². The first-order chi connectivity index (χ1) is 6.89. The van der Waals surface area contributed by atoms with Gasteiger partial charge < -0.3 is 4.90 Å². The molecule has 2 rings (SSSR count). The maximum atomic E-state index is 13.4. The average molecular weight is 293 g/mol. The molecule has 0 unspecified atom stereocenters. The van der Waals surface area contributed by atoms with E-state index in [1.54, 1.807) is 6.07 Å². The summed E-state index contributed by atoms with van der Waals surface area (Å²) in [5.74, 6) is -0.304. The van der Waals surface area contributed by atoms with E-state index in [2.05, 4.69) is 34.7 Å². The van der Waals surface area contributed by atoms with Crippen molar-refractivity contribution >= 4 is 33.2 Å². The fourth-order valence-electron chi connectivity index (χ4n) is 1.89. The second-order valence-electron chi connectivity index (χ2n) is 4.74. The monoisotopic (exact) mass is 291 g/mol. The van der Waals surface area contributed by atoms with Crippen molar-refractivity contribution < 1.29 is 4.39 Å². The van der Waals surface area contributed by atoms with Crippen LogP contribution in [0.2, 0.25) is 5.02 Å². The van der Waals surface area contributed by atoms with Gasteiger partial charge in [-0.25, -0.2) is 4.39 Å². The van der Waals surface area contributed by atoms with Crippen LogP contribution in [0.25, 0.3) is 0 Å². The van der Waals surface area contributed by atoms with Crippen molar-refractivity contribution in [2.45, 2.75) is 13.8 Å². The Bertz CT molecular complexity index is 375. The number of benzene rings is 1. The van der Waals surface area contributed by atoms with Crippen LogP contribution in [0.1, 0.15) is 13.8 Å². The predicted molar refractivity (Wildman–Crippen MR) is 65.1 cm³/mol. The van der Waals surface area contributed by atoms with Crippen LogP contribution in [0.15, 0.2) is 16.6 Å². The van der Waals surface area contributed by atoms with Crippen molar-refractivity contribution in [3.8, 4) is 0 Å². The minimum absolute atomic E-state index is 0.304. The molecule has 1 aliphatic heterocycles. The van der Waals surface area contributed by atoms with E-state index in [-0.39, 0.29) is 5.82 Å². The lowest BCUT2D eigenvalue weighted by Gasteiger charge is -2.47. The van der Waals surface area contributed by atoms with Gasteiger partial charge in [0, 0.05) is 18.8 Å². The molecule has 0 N–H and O–H groups in total. The highest BCUT2D eigenvalue weighted by Gasteiger charge is 2.34. The first-order valence-corrected chi connectivity index (χ1v) is 5.96. The number of hydrogen-bond donors (Lipinski definition) is 0. The predicted octanol–water partition coefficient (Wildman–Crippen LogP) is 4.09. The van der Waals surface area contributed by atoms with Gasteiger partial charge in [-0.3, -0.25) is 0 Å². The first-order valence-electron chi connectivity index (χ1n) is 4.78. The molecular formula is C11H12BrClFN.